The van der Waals surface area contributed by atoms with Gasteiger partial charge in [-0.2, -0.15) is 18.3 Å². The van der Waals surface area contributed by atoms with Gasteiger partial charge < -0.3 is 4.90 Å². The van der Waals surface area contributed by atoms with E-state index in [4.69, 9.17) is 0 Å². The van der Waals surface area contributed by atoms with Crippen molar-refractivity contribution in [2.75, 3.05) is 0 Å². The fourth-order valence-electron chi connectivity index (χ4n) is 3.84. The lowest BCUT2D eigenvalue weighted by Gasteiger charge is -2.32. The maximum Gasteiger partial charge on any atom is 0.416 e. The van der Waals surface area contributed by atoms with Crippen LogP contribution in [0.3, 0.4) is 0 Å². The fraction of sp³-hybridized carbons (Fsp3) is 0.500. The molecule has 1 aliphatic carbocycles. The largest absolute Gasteiger partial charge is 0.416 e. The third-order valence-electron chi connectivity index (χ3n) is 5.17. The highest BCUT2D eigenvalue weighted by Gasteiger charge is 2.32. The lowest BCUT2D eigenvalue weighted by atomic mass is 10.1. The second-order valence-corrected chi connectivity index (χ2v) is 7.35. The summed E-state index contributed by atoms with van der Waals surface area (Å²) >= 11 is 0. The van der Waals surface area contributed by atoms with Gasteiger partial charge in [0.05, 0.1) is 28.7 Å². The monoisotopic (exact) mass is 379 g/mol. The van der Waals surface area contributed by atoms with Gasteiger partial charge in [-0.25, -0.2) is 4.68 Å². The van der Waals surface area contributed by atoms with Crippen molar-refractivity contribution in [3.05, 3.63) is 47.3 Å². The zero-order chi connectivity index (χ0) is 19.8. The molecule has 1 saturated carbocycles. The molecule has 0 N–H and O–H groups in total. The van der Waals surface area contributed by atoms with Crippen LogP contribution in [0.15, 0.2) is 30.5 Å². The van der Waals surface area contributed by atoms with Crippen molar-refractivity contribution in [1.29, 1.82) is 0 Å². The van der Waals surface area contributed by atoms with Gasteiger partial charge in [-0.05, 0) is 51.8 Å². The molecule has 0 bridgehead atoms. The molecule has 1 aromatic carbocycles. The van der Waals surface area contributed by atoms with Gasteiger partial charge >= 0.3 is 6.18 Å². The molecule has 27 heavy (non-hydrogen) atoms. The van der Waals surface area contributed by atoms with Crippen molar-refractivity contribution >= 4 is 5.91 Å². The molecular formula is C20H24F3N3O. The predicted molar refractivity (Wildman–Crippen MR) is 96.9 cm³/mol. The second-order valence-electron chi connectivity index (χ2n) is 7.35. The number of alkyl halides is 3. The molecule has 1 heterocycles. The van der Waals surface area contributed by atoms with Crippen molar-refractivity contribution in [1.82, 2.24) is 14.7 Å². The van der Waals surface area contributed by atoms with Crippen molar-refractivity contribution in [2.24, 2.45) is 0 Å². The number of amides is 1. The van der Waals surface area contributed by atoms with Crippen LogP contribution in [-0.2, 0) is 6.18 Å². The minimum absolute atomic E-state index is 0.0527. The number of carbonyl (C=O) groups excluding carboxylic acids is 1. The highest BCUT2D eigenvalue weighted by atomic mass is 19.4. The van der Waals surface area contributed by atoms with Crippen LogP contribution in [0.1, 0.15) is 61.1 Å². The molecule has 0 atom stereocenters. The summed E-state index contributed by atoms with van der Waals surface area (Å²) in [6.07, 6.45) is 1.25. The molecule has 0 unspecified atom stereocenters. The third kappa shape index (κ3) is 3.87. The van der Waals surface area contributed by atoms with Gasteiger partial charge in [0.15, 0.2) is 0 Å². The zero-order valence-electron chi connectivity index (χ0n) is 15.8. The number of aromatic nitrogens is 2. The molecular weight excluding hydrogens is 355 g/mol. The molecule has 0 aliphatic heterocycles. The van der Waals surface area contributed by atoms with E-state index in [-0.39, 0.29) is 18.0 Å². The van der Waals surface area contributed by atoms with E-state index in [0.717, 1.165) is 37.8 Å². The number of benzene rings is 1. The molecule has 2 aromatic rings. The zero-order valence-corrected chi connectivity index (χ0v) is 15.8. The first-order chi connectivity index (χ1) is 12.7. The van der Waals surface area contributed by atoms with E-state index in [9.17, 15) is 18.0 Å². The van der Waals surface area contributed by atoms with Gasteiger partial charge in [0, 0.05) is 12.1 Å². The first-order valence-electron chi connectivity index (χ1n) is 9.25. The smallest absolute Gasteiger partial charge is 0.333 e. The average Bonchev–Trinajstić information content (AvgIpc) is 3.24. The first kappa shape index (κ1) is 19.5. The second kappa shape index (κ2) is 7.37. The van der Waals surface area contributed by atoms with E-state index in [1.54, 1.807) is 13.0 Å². The molecule has 1 aromatic heterocycles. The van der Waals surface area contributed by atoms with Gasteiger partial charge in [-0.15, -0.1) is 0 Å². The summed E-state index contributed by atoms with van der Waals surface area (Å²) in [5.74, 6) is -0.104. The Kier molecular flexibility index (Phi) is 5.31. The van der Waals surface area contributed by atoms with Crippen LogP contribution in [0, 0.1) is 6.92 Å². The van der Waals surface area contributed by atoms with E-state index in [0.29, 0.717) is 16.9 Å². The Morgan fingerprint density at radius 3 is 2.52 bits per heavy atom. The van der Waals surface area contributed by atoms with Crippen molar-refractivity contribution in [2.45, 2.75) is 64.7 Å². The highest BCUT2D eigenvalue weighted by Crippen LogP contribution is 2.31. The lowest BCUT2D eigenvalue weighted by Crippen LogP contribution is -2.43. The number of hydrogen-bond acceptors (Lipinski definition) is 2. The molecule has 4 nitrogen and oxygen atoms in total. The normalized spacial score (nSPS) is 15.5. The summed E-state index contributed by atoms with van der Waals surface area (Å²) in [6.45, 7) is 5.69. The number of hydrogen-bond donors (Lipinski definition) is 0. The van der Waals surface area contributed by atoms with Crippen LogP contribution < -0.4 is 0 Å². The molecule has 1 fully saturated rings. The van der Waals surface area contributed by atoms with Crippen LogP contribution >= 0.6 is 0 Å². The van der Waals surface area contributed by atoms with Crippen LogP contribution in [0.5, 0.6) is 0 Å². The Balaban J connectivity index is 1.94. The van der Waals surface area contributed by atoms with Crippen LogP contribution in [0.2, 0.25) is 0 Å². The topological polar surface area (TPSA) is 38.1 Å². The average molecular weight is 379 g/mol. The SMILES string of the molecule is Cc1c(C(=O)N(C(C)C)C2CCCC2)cnn1-c1cccc(C(F)(F)F)c1. The Labute approximate surface area is 157 Å². The Bertz CT molecular complexity index is 820. The van der Waals surface area contributed by atoms with Crippen LogP contribution in [0.25, 0.3) is 5.69 Å². The molecule has 0 spiro atoms. The Morgan fingerprint density at radius 2 is 1.93 bits per heavy atom. The maximum absolute atomic E-state index is 13.2. The van der Waals surface area contributed by atoms with Gasteiger partial charge in [-0.1, -0.05) is 18.9 Å². The minimum Gasteiger partial charge on any atom is -0.333 e. The summed E-state index contributed by atoms with van der Waals surface area (Å²) in [6, 6.07) is 5.24. The van der Waals surface area contributed by atoms with E-state index >= 15 is 0 Å². The Morgan fingerprint density at radius 1 is 1.26 bits per heavy atom. The van der Waals surface area contributed by atoms with Crippen molar-refractivity contribution < 1.29 is 18.0 Å². The van der Waals surface area contributed by atoms with Gasteiger partial charge in [0.1, 0.15) is 0 Å². The summed E-state index contributed by atoms with van der Waals surface area (Å²) in [4.78, 5) is 15.1. The molecule has 0 radical (unpaired) electrons. The van der Waals surface area contributed by atoms with Gasteiger partial charge in [0.25, 0.3) is 5.91 Å². The molecule has 146 valence electrons. The van der Waals surface area contributed by atoms with Crippen molar-refractivity contribution in [3.8, 4) is 5.69 Å². The number of carbonyl (C=O) groups is 1. The molecule has 1 aliphatic rings. The fourth-order valence-corrected chi connectivity index (χ4v) is 3.84. The third-order valence-corrected chi connectivity index (χ3v) is 5.17. The minimum atomic E-state index is -4.42. The first-order valence-corrected chi connectivity index (χ1v) is 9.25. The van der Waals surface area contributed by atoms with E-state index in [1.807, 2.05) is 18.7 Å². The summed E-state index contributed by atoms with van der Waals surface area (Å²) in [5, 5.41) is 4.20. The predicted octanol–water partition coefficient (Wildman–Crippen LogP) is 4.99. The molecule has 0 saturated heterocycles. The summed E-state index contributed by atoms with van der Waals surface area (Å²) in [7, 11) is 0. The van der Waals surface area contributed by atoms with Crippen LogP contribution in [-0.4, -0.2) is 32.7 Å². The molecule has 1 amide bonds. The maximum atomic E-state index is 13.2. The summed E-state index contributed by atoms with van der Waals surface area (Å²) < 4.78 is 40.4. The van der Waals surface area contributed by atoms with E-state index < -0.39 is 11.7 Å². The van der Waals surface area contributed by atoms with E-state index in [1.165, 1.54) is 16.9 Å². The van der Waals surface area contributed by atoms with Gasteiger partial charge in [0.2, 0.25) is 0 Å². The lowest BCUT2D eigenvalue weighted by molar-refractivity contribution is -0.137. The van der Waals surface area contributed by atoms with E-state index in [2.05, 4.69) is 5.10 Å². The number of nitrogens with zero attached hydrogens (tertiary/aromatic N) is 3. The quantitative estimate of drug-likeness (QED) is 0.750. The molecule has 7 heteroatoms. The number of halogens is 3. The Hall–Kier alpha value is -2.31. The van der Waals surface area contributed by atoms with Gasteiger partial charge in [-0.3, -0.25) is 4.79 Å². The highest BCUT2D eigenvalue weighted by molar-refractivity contribution is 5.95. The standard InChI is InChI=1S/C20H24F3N3O/c1-13(2)25(16-8-4-5-9-16)19(27)18-12-24-26(14(18)3)17-10-6-7-15(11-17)20(21,22)23/h6-7,10-13,16H,4-5,8-9H2,1-3H3. The van der Waals surface area contributed by atoms with Crippen LogP contribution in [0.4, 0.5) is 13.2 Å². The van der Waals surface area contributed by atoms with Crippen molar-refractivity contribution in [3.63, 3.8) is 0 Å². The molecule has 3 rings (SSSR count). The number of rotatable bonds is 4. The summed E-state index contributed by atoms with van der Waals surface area (Å²) in [5.41, 5.74) is 0.534.